The summed E-state index contributed by atoms with van der Waals surface area (Å²) in [6.07, 6.45) is 2.36. The van der Waals surface area contributed by atoms with Crippen molar-refractivity contribution < 1.29 is 5.11 Å². The van der Waals surface area contributed by atoms with Crippen LogP contribution in [0.5, 0.6) is 0 Å². The van der Waals surface area contributed by atoms with E-state index >= 15 is 0 Å². The second-order valence-corrected chi connectivity index (χ2v) is 3.09. The first-order valence-corrected chi connectivity index (χ1v) is 4.44. The molecule has 1 unspecified atom stereocenters. The first kappa shape index (κ1) is 10.2. The highest BCUT2D eigenvalue weighted by Crippen LogP contribution is 1.92. The van der Waals surface area contributed by atoms with Gasteiger partial charge in [-0.1, -0.05) is 0 Å². The van der Waals surface area contributed by atoms with Crippen molar-refractivity contribution in [2.45, 2.75) is 19.6 Å². The number of hydrogen-bond donors (Lipinski definition) is 1. The zero-order chi connectivity index (χ0) is 9.84. The van der Waals surface area contributed by atoms with Gasteiger partial charge < -0.3 is 9.67 Å². The Bertz CT molecular complexity index is 337. The number of aliphatic hydroxyl groups is 1. The molecule has 0 saturated carbocycles. The van der Waals surface area contributed by atoms with Gasteiger partial charge in [0.25, 0.3) is 5.56 Å². The Morgan fingerprint density at radius 1 is 1.77 bits per heavy atom. The van der Waals surface area contributed by atoms with Gasteiger partial charge in [-0.05, 0) is 6.92 Å². The molecule has 0 saturated heterocycles. The van der Waals surface area contributed by atoms with Gasteiger partial charge >= 0.3 is 0 Å². The molecule has 0 fully saturated rings. The van der Waals surface area contributed by atoms with Gasteiger partial charge in [-0.25, -0.2) is 0 Å². The summed E-state index contributed by atoms with van der Waals surface area (Å²) in [5, 5.41) is 9.21. The lowest BCUT2D eigenvalue weighted by Gasteiger charge is -2.09. The summed E-state index contributed by atoms with van der Waals surface area (Å²) in [7, 11) is 0. The fourth-order valence-corrected chi connectivity index (χ4v) is 1.07. The van der Waals surface area contributed by atoms with Crippen molar-refractivity contribution >= 4 is 11.6 Å². The summed E-state index contributed by atoms with van der Waals surface area (Å²) in [4.78, 5) is 15.2. The fraction of sp³-hybridized carbons (Fsp3) is 0.500. The monoisotopic (exact) mass is 202 g/mol. The van der Waals surface area contributed by atoms with Crippen LogP contribution in [0, 0.1) is 6.92 Å². The minimum Gasteiger partial charge on any atom is -0.390 e. The lowest BCUT2D eigenvalue weighted by atomic mass is 10.4. The number of alkyl halides is 1. The molecule has 0 amide bonds. The van der Waals surface area contributed by atoms with E-state index in [0.29, 0.717) is 5.69 Å². The molecule has 0 aromatic carbocycles. The third-order valence-corrected chi connectivity index (χ3v) is 2.03. The molecule has 0 aliphatic carbocycles. The highest BCUT2D eigenvalue weighted by atomic mass is 35.5. The average Bonchev–Trinajstić information content (AvgIpc) is 2.13. The summed E-state index contributed by atoms with van der Waals surface area (Å²) in [6, 6.07) is 0. The topological polar surface area (TPSA) is 55.1 Å². The van der Waals surface area contributed by atoms with Crippen molar-refractivity contribution in [3.05, 3.63) is 28.4 Å². The number of hydrogen-bond acceptors (Lipinski definition) is 3. The van der Waals surface area contributed by atoms with E-state index in [1.807, 2.05) is 0 Å². The summed E-state index contributed by atoms with van der Waals surface area (Å²) >= 11 is 5.41. The maximum atomic E-state index is 11.4. The van der Waals surface area contributed by atoms with Crippen molar-refractivity contribution in [1.29, 1.82) is 0 Å². The van der Waals surface area contributed by atoms with Crippen LogP contribution in [0.1, 0.15) is 5.69 Å². The van der Waals surface area contributed by atoms with Gasteiger partial charge in [-0.3, -0.25) is 9.78 Å². The fourth-order valence-electron chi connectivity index (χ4n) is 0.976. The Hall–Kier alpha value is -0.870. The molecule has 0 aliphatic rings. The van der Waals surface area contributed by atoms with Gasteiger partial charge in [0.05, 0.1) is 18.5 Å². The Kier molecular flexibility index (Phi) is 3.45. The summed E-state index contributed by atoms with van der Waals surface area (Å²) in [6.45, 7) is 1.84. The van der Waals surface area contributed by atoms with Crippen LogP contribution in [-0.2, 0) is 6.54 Å². The van der Waals surface area contributed by atoms with Crippen LogP contribution in [0.2, 0.25) is 0 Å². The number of aromatic nitrogens is 2. The molecule has 0 bridgehead atoms. The van der Waals surface area contributed by atoms with Crippen molar-refractivity contribution in [1.82, 2.24) is 9.55 Å². The van der Waals surface area contributed by atoms with Crippen molar-refractivity contribution in [3.63, 3.8) is 0 Å². The maximum absolute atomic E-state index is 11.4. The lowest BCUT2D eigenvalue weighted by molar-refractivity contribution is 0.175. The number of rotatable bonds is 3. The van der Waals surface area contributed by atoms with E-state index < -0.39 is 6.10 Å². The molecule has 13 heavy (non-hydrogen) atoms. The van der Waals surface area contributed by atoms with E-state index in [1.54, 1.807) is 6.92 Å². The predicted molar refractivity (Wildman–Crippen MR) is 50.0 cm³/mol. The minimum absolute atomic E-state index is 0.119. The number of aliphatic hydroxyl groups excluding tert-OH is 1. The largest absolute Gasteiger partial charge is 0.390 e. The van der Waals surface area contributed by atoms with Gasteiger partial charge in [0.15, 0.2) is 0 Å². The molecule has 0 radical (unpaired) electrons. The van der Waals surface area contributed by atoms with Crippen molar-refractivity contribution in [2.75, 3.05) is 5.88 Å². The Morgan fingerprint density at radius 3 is 3.08 bits per heavy atom. The molecular formula is C8H11ClN2O2. The number of aryl methyl sites for hydroxylation is 1. The number of nitrogens with zero attached hydrogens (tertiary/aromatic N) is 2. The molecule has 1 N–H and O–H groups in total. The molecule has 1 atom stereocenters. The molecule has 4 nitrogen and oxygen atoms in total. The third-order valence-electron chi connectivity index (χ3n) is 1.67. The average molecular weight is 203 g/mol. The summed E-state index contributed by atoms with van der Waals surface area (Å²) < 4.78 is 1.40. The van der Waals surface area contributed by atoms with Crippen LogP contribution < -0.4 is 5.56 Å². The van der Waals surface area contributed by atoms with Crippen LogP contribution in [-0.4, -0.2) is 26.6 Å². The number of halogens is 1. The maximum Gasteiger partial charge on any atom is 0.272 e. The van der Waals surface area contributed by atoms with Crippen LogP contribution >= 0.6 is 11.6 Å². The molecule has 0 spiro atoms. The molecule has 0 aliphatic heterocycles. The Morgan fingerprint density at radius 2 is 2.46 bits per heavy atom. The van der Waals surface area contributed by atoms with E-state index in [-0.39, 0.29) is 18.0 Å². The SMILES string of the molecule is Cc1nccn(CC(O)CCl)c1=O. The first-order chi connectivity index (χ1) is 6.15. The first-order valence-electron chi connectivity index (χ1n) is 3.91. The highest BCUT2D eigenvalue weighted by molar-refractivity contribution is 6.18. The van der Waals surface area contributed by atoms with Gasteiger partial charge in [0.1, 0.15) is 5.69 Å². The van der Waals surface area contributed by atoms with Gasteiger partial charge in [-0.2, -0.15) is 0 Å². The second kappa shape index (κ2) is 4.39. The summed E-state index contributed by atoms with van der Waals surface area (Å²) in [5.74, 6) is 0.119. The molecule has 72 valence electrons. The standard InChI is InChI=1S/C8H11ClN2O2/c1-6-8(13)11(3-2-10-6)5-7(12)4-9/h2-3,7,12H,4-5H2,1H3. The molecule has 5 heteroatoms. The van der Waals surface area contributed by atoms with Gasteiger partial charge in [0.2, 0.25) is 0 Å². The van der Waals surface area contributed by atoms with E-state index in [4.69, 9.17) is 11.6 Å². The van der Waals surface area contributed by atoms with Gasteiger partial charge in [-0.15, -0.1) is 11.6 Å². The van der Waals surface area contributed by atoms with Crippen molar-refractivity contribution in [2.24, 2.45) is 0 Å². The molecule has 1 aromatic heterocycles. The Labute approximate surface area is 80.8 Å². The minimum atomic E-state index is -0.693. The third kappa shape index (κ3) is 2.54. The van der Waals surface area contributed by atoms with E-state index in [1.165, 1.54) is 17.0 Å². The second-order valence-electron chi connectivity index (χ2n) is 2.78. The molecular weight excluding hydrogens is 192 g/mol. The van der Waals surface area contributed by atoms with E-state index in [9.17, 15) is 9.90 Å². The molecule has 1 heterocycles. The highest BCUT2D eigenvalue weighted by Gasteiger charge is 2.05. The zero-order valence-electron chi connectivity index (χ0n) is 7.27. The van der Waals surface area contributed by atoms with E-state index in [0.717, 1.165) is 0 Å². The zero-order valence-corrected chi connectivity index (χ0v) is 8.03. The van der Waals surface area contributed by atoms with Crippen molar-refractivity contribution in [3.8, 4) is 0 Å². The van der Waals surface area contributed by atoms with E-state index in [2.05, 4.69) is 4.98 Å². The normalized spacial score (nSPS) is 12.8. The lowest BCUT2D eigenvalue weighted by Crippen LogP contribution is -2.28. The van der Waals surface area contributed by atoms with Crippen LogP contribution in [0.3, 0.4) is 0 Å². The quantitative estimate of drug-likeness (QED) is 0.710. The predicted octanol–water partition coefficient (Wildman–Crippen LogP) is 0.151. The molecule has 1 rings (SSSR count). The van der Waals surface area contributed by atoms with Crippen LogP contribution in [0.4, 0.5) is 0 Å². The molecule has 1 aromatic rings. The Balaban J connectivity index is 2.89. The summed E-state index contributed by atoms with van der Waals surface area (Å²) in [5.41, 5.74) is 0.232. The smallest absolute Gasteiger partial charge is 0.272 e. The van der Waals surface area contributed by atoms with Crippen LogP contribution in [0.15, 0.2) is 17.2 Å². The van der Waals surface area contributed by atoms with Gasteiger partial charge in [0, 0.05) is 12.4 Å². The van der Waals surface area contributed by atoms with Crippen LogP contribution in [0.25, 0.3) is 0 Å².